The highest BCUT2D eigenvalue weighted by atomic mass is 32.1. The number of rotatable bonds is 4. The van der Waals surface area contributed by atoms with Crippen LogP contribution in [-0.4, -0.2) is 34.9 Å². The smallest absolute Gasteiger partial charge is 0.268 e. The monoisotopic (exact) mass is 296 g/mol. The molecule has 0 bridgehead atoms. The van der Waals surface area contributed by atoms with Crippen molar-refractivity contribution in [1.29, 1.82) is 0 Å². The molecule has 3 N–H and O–H groups in total. The highest BCUT2D eigenvalue weighted by Gasteiger charge is 2.30. The molecule has 0 spiro atoms. The van der Waals surface area contributed by atoms with Crippen molar-refractivity contribution in [2.45, 2.75) is 46.1 Å². The highest BCUT2D eigenvalue weighted by molar-refractivity contribution is 7.18. The third-order valence-corrected chi connectivity index (χ3v) is 4.79. The zero-order valence-electron chi connectivity index (χ0n) is 12.5. The summed E-state index contributed by atoms with van der Waals surface area (Å²) in [5.74, 6) is 1.07. The number of piperidine rings is 1. The predicted molar refractivity (Wildman–Crippen MR) is 84.2 cm³/mol. The molecule has 6 heteroatoms. The van der Waals surface area contributed by atoms with Gasteiger partial charge in [0.15, 0.2) is 5.13 Å². The number of nitrogens with two attached hydrogens (primary N) is 1. The first-order valence-corrected chi connectivity index (χ1v) is 8.15. The van der Waals surface area contributed by atoms with Gasteiger partial charge in [-0.05, 0) is 32.1 Å². The second-order valence-corrected chi connectivity index (χ2v) is 6.64. The van der Waals surface area contributed by atoms with E-state index >= 15 is 0 Å². The molecule has 1 aliphatic heterocycles. The Hall–Kier alpha value is -1.30. The summed E-state index contributed by atoms with van der Waals surface area (Å²) in [7, 11) is 0. The van der Waals surface area contributed by atoms with E-state index in [1.54, 1.807) is 0 Å². The number of nitrogen functional groups attached to an aromatic ring is 1. The Kier molecular flexibility index (Phi) is 4.86. The molecule has 1 aliphatic rings. The molecule has 2 heterocycles. The number of nitrogens with zero attached hydrogens (tertiary/aromatic N) is 2. The lowest BCUT2D eigenvalue weighted by Gasteiger charge is -2.36. The van der Waals surface area contributed by atoms with Crippen molar-refractivity contribution in [2.75, 3.05) is 24.1 Å². The van der Waals surface area contributed by atoms with Gasteiger partial charge in [-0.1, -0.05) is 25.2 Å². The van der Waals surface area contributed by atoms with Crippen LogP contribution >= 0.6 is 11.3 Å². The van der Waals surface area contributed by atoms with Gasteiger partial charge in [0.05, 0.1) is 0 Å². The van der Waals surface area contributed by atoms with Gasteiger partial charge in [-0.3, -0.25) is 4.79 Å². The molecule has 1 amide bonds. The number of nitrogens with one attached hydrogen (secondary N) is 1. The summed E-state index contributed by atoms with van der Waals surface area (Å²) in [5.41, 5.74) is 5.91. The normalized spacial score (nSPS) is 22.9. The van der Waals surface area contributed by atoms with Gasteiger partial charge in [0, 0.05) is 19.1 Å². The van der Waals surface area contributed by atoms with Crippen LogP contribution in [0.25, 0.3) is 0 Å². The van der Waals surface area contributed by atoms with Crippen LogP contribution in [0.1, 0.15) is 49.7 Å². The SMILES string of the molecule is CCCNc1nc(N)c(C(=O)N2CCC(C)CC2C)s1. The number of aromatic nitrogens is 1. The summed E-state index contributed by atoms with van der Waals surface area (Å²) >= 11 is 1.37. The lowest BCUT2D eigenvalue weighted by molar-refractivity contribution is 0.0594. The minimum atomic E-state index is 0.0314. The van der Waals surface area contributed by atoms with E-state index in [1.807, 2.05) is 4.90 Å². The molecule has 1 aromatic rings. The molecule has 2 rings (SSSR count). The van der Waals surface area contributed by atoms with Crippen LogP contribution in [0.5, 0.6) is 0 Å². The number of hydrogen-bond donors (Lipinski definition) is 2. The number of anilines is 2. The van der Waals surface area contributed by atoms with Crippen molar-refractivity contribution in [1.82, 2.24) is 9.88 Å². The number of carbonyl (C=O) groups is 1. The molecule has 0 aliphatic carbocycles. The first-order valence-electron chi connectivity index (χ1n) is 7.34. The topological polar surface area (TPSA) is 71.2 Å². The minimum Gasteiger partial charge on any atom is -0.382 e. The molecular formula is C14H24N4OS. The zero-order valence-corrected chi connectivity index (χ0v) is 13.3. The molecule has 1 aromatic heterocycles. The van der Waals surface area contributed by atoms with Gasteiger partial charge >= 0.3 is 0 Å². The second-order valence-electron chi connectivity index (χ2n) is 5.64. The molecule has 0 radical (unpaired) electrons. The summed E-state index contributed by atoms with van der Waals surface area (Å²) in [6.45, 7) is 8.11. The Morgan fingerprint density at radius 3 is 2.95 bits per heavy atom. The van der Waals surface area contributed by atoms with Gasteiger partial charge in [0.25, 0.3) is 5.91 Å². The van der Waals surface area contributed by atoms with Gasteiger partial charge in [0.2, 0.25) is 0 Å². The molecule has 1 fully saturated rings. The van der Waals surface area contributed by atoms with Crippen molar-refractivity contribution in [3.8, 4) is 0 Å². The summed E-state index contributed by atoms with van der Waals surface area (Å²) < 4.78 is 0. The summed E-state index contributed by atoms with van der Waals surface area (Å²) in [4.78, 5) is 19.4. The Morgan fingerprint density at radius 2 is 2.30 bits per heavy atom. The summed E-state index contributed by atoms with van der Waals surface area (Å²) in [5, 5.41) is 3.93. The number of amides is 1. The fraction of sp³-hybridized carbons (Fsp3) is 0.714. The minimum absolute atomic E-state index is 0.0314. The first kappa shape index (κ1) is 15.1. The summed E-state index contributed by atoms with van der Waals surface area (Å²) in [6.07, 6.45) is 3.14. The summed E-state index contributed by atoms with van der Waals surface area (Å²) in [6, 6.07) is 0.278. The van der Waals surface area contributed by atoms with Gasteiger partial charge < -0.3 is 16.0 Å². The van der Waals surface area contributed by atoms with Crippen LogP contribution in [-0.2, 0) is 0 Å². The maximum absolute atomic E-state index is 12.6. The Labute approximate surface area is 124 Å². The largest absolute Gasteiger partial charge is 0.382 e. The van der Waals surface area contributed by atoms with Crippen LogP contribution in [0.2, 0.25) is 0 Å². The van der Waals surface area contributed by atoms with Crippen LogP contribution < -0.4 is 11.1 Å². The maximum Gasteiger partial charge on any atom is 0.268 e. The molecule has 0 aromatic carbocycles. The molecule has 2 atom stereocenters. The van der Waals surface area contributed by atoms with Crippen LogP contribution in [0, 0.1) is 5.92 Å². The first-order chi connectivity index (χ1) is 9.52. The fourth-order valence-electron chi connectivity index (χ4n) is 2.63. The average molecular weight is 296 g/mol. The molecule has 2 unspecified atom stereocenters. The number of likely N-dealkylation sites (tertiary alicyclic amines) is 1. The van der Waals surface area contributed by atoms with Crippen molar-refractivity contribution in [2.24, 2.45) is 5.92 Å². The quantitative estimate of drug-likeness (QED) is 0.896. The van der Waals surface area contributed by atoms with E-state index in [1.165, 1.54) is 11.3 Å². The van der Waals surface area contributed by atoms with Crippen molar-refractivity contribution >= 4 is 28.2 Å². The van der Waals surface area contributed by atoms with E-state index in [0.717, 1.165) is 37.5 Å². The van der Waals surface area contributed by atoms with E-state index in [9.17, 15) is 4.79 Å². The fourth-order valence-corrected chi connectivity index (χ4v) is 3.50. The molecule has 0 saturated carbocycles. The number of thiazole rings is 1. The lowest BCUT2D eigenvalue weighted by atomic mass is 9.93. The van der Waals surface area contributed by atoms with Gasteiger partial charge in [-0.25, -0.2) is 4.98 Å². The van der Waals surface area contributed by atoms with E-state index < -0.39 is 0 Å². The Balaban J connectivity index is 2.10. The van der Waals surface area contributed by atoms with Crippen LogP contribution in [0.3, 0.4) is 0 Å². The number of carbonyl (C=O) groups excluding carboxylic acids is 1. The Bertz CT molecular complexity index is 474. The maximum atomic E-state index is 12.6. The van der Waals surface area contributed by atoms with E-state index in [0.29, 0.717) is 16.6 Å². The second kappa shape index (κ2) is 6.43. The Morgan fingerprint density at radius 1 is 1.55 bits per heavy atom. The zero-order chi connectivity index (χ0) is 14.7. The van der Waals surface area contributed by atoms with Gasteiger partial charge in [0.1, 0.15) is 10.7 Å². The number of hydrogen-bond acceptors (Lipinski definition) is 5. The average Bonchev–Trinajstić information content (AvgIpc) is 2.77. The molecule has 1 saturated heterocycles. The van der Waals surface area contributed by atoms with Crippen LogP contribution in [0.4, 0.5) is 10.9 Å². The molecular weight excluding hydrogens is 272 g/mol. The third kappa shape index (κ3) is 3.23. The van der Waals surface area contributed by atoms with Crippen molar-refractivity contribution in [3.63, 3.8) is 0 Å². The van der Waals surface area contributed by atoms with Gasteiger partial charge in [-0.2, -0.15) is 0 Å². The van der Waals surface area contributed by atoms with Crippen molar-refractivity contribution in [3.05, 3.63) is 4.88 Å². The molecule has 20 heavy (non-hydrogen) atoms. The highest BCUT2D eigenvalue weighted by Crippen LogP contribution is 2.30. The predicted octanol–water partition coefficient (Wildman–Crippen LogP) is 2.81. The molecule has 5 nitrogen and oxygen atoms in total. The standard InChI is InChI=1S/C14H24N4OS/c1-4-6-16-14-17-12(15)11(20-14)13(19)18-7-5-9(2)8-10(18)3/h9-10H,4-8,15H2,1-3H3,(H,16,17). The van der Waals surface area contributed by atoms with Crippen molar-refractivity contribution < 1.29 is 4.79 Å². The van der Waals surface area contributed by atoms with E-state index in [2.05, 4.69) is 31.1 Å². The molecule has 112 valence electrons. The van der Waals surface area contributed by atoms with Gasteiger partial charge in [-0.15, -0.1) is 0 Å². The lowest BCUT2D eigenvalue weighted by Crippen LogP contribution is -2.44. The van der Waals surface area contributed by atoms with E-state index in [4.69, 9.17) is 5.73 Å². The van der Waals surface area contributed by atoms with Crippen LogP contribution in [0.15, 0.2) is 0 Å². The third-order valence-electron chi connectivity index (χ3n) is 3.77. The van der Waals surface area contributed by atoms with E-state index in [-0.39, 0.29) is 11.9 Å².